The summed E-state index contributed by atoms with van der Waals surface area (Å²) in [7, 11) is 0. The summed E-state index contributed by atoms with van der Waals surface area (Å²) in [6.07, 6.45) is 2.60. The molecule has 1 aliphatic rings. The Morgan fingerprint density at radius 3 is 3.09 bits per heavy atom. The van der Waals surface area contributed by atoms with Crippen molar-refractivity contribution in [2.45, 2.75) is 32.0 Å². The van der Waals surface area contributed by atoms with Crippen molar-refractivity contribution in [3.8, 4) is 0 Å². The van der Waals surface area contributed by atoms with Gasteiger partial charge in [0.15, 0.2) is 0 Å². The largest absolute Gasteiger partial charge is 0.394 e. The SMILES string of the molecule is CC(CO)OC1CCCNC1. The van der Waals surface area contributed by atoms with Crippen LogP contribution in [0.5, 0.6) is 0 Å². The molecule has 3 nitrogen and oxygen atoms in total. The summed E-state index contributed by atoms with van der Waals surface area (Å²) in [5.41, 5.74) is 0. The molecule has 11 heavy (non-hydrogen) atoms. The molecule has 1 rings (SSSR count). The van der Waals surface area contributed by atoms with E-state index in [0.29, 0.717) is 6.10 Å². The quantitative estimate of drug-likeness (QED) is 0.615. The van der Waals surface area contributed by atoms with Gasteiger partial charge in [0, 0.05) is 6.54 Å². The Hall–Kier alpha value is -0.120. The summed E-state index contributed by atoms with van der Waals surface area (Å²) in [5.74, 6) is 0. The summed E-state index contributed by atoms with van der Waals surface area (Å²) in [6, 6.07) is 0. The van der Waals surface area contributed by atoms with E-state index in [-0.39, 0.29) is 12.7 Å². The zero-order chi connectivity index (χ0) is 8.10. The Labute approximate surface area is 67.7 Å². The van der Waals surface area contributed by atoms with E-state index in [9.17, 15) is 0 Å². The first-order valence-corrected chi connectivity index (χ1v) is 4.30. The minimum atomic E-state index is -0.0140. The lowest BCUT2D eigenvalue weighted by Crippen LogP contribution is -2.37. The van der Waals surface area contributed by atoms with Crippen molar-refractivity contribution < 1.29 is 9.84 Å². The molecule has 1 heterocycles. The summed E-state index contributed by atoms with van der Waals surface area (Å²) >= 11 is 0. The highest BCUT2D eigenvalue weighted by Gasteiger charge is 2.15. The van der Waals surface area contributed by atoms with Crippen LogP contribution in [0.1, 0.15) is 19.8 Å². The Kier molecular flexibility index (Phi) is 3.83. The number of aliphatic hydroxyl groups is 1. The van der Waals surface area contributed by atoms with E-state index in [1.165, 1.54) is 6.42 Å². The summed E-state index contributed by atoms with van der Waals surface area (Å²) in [5, 5.41) is 12.0. The summed E-state index contributed by atoms with van der Waals surface area (Å²) in [6.45, 7) is 4.06. The molecule has 0 bridgehead atoms. The van der Waals surface area contributed by atoms with Crippen LogP contribution >= 0.6 is 0 Å². The lowest BCUT2D eigenvalue weighted by Gasteiger charge is -2.25. The number of piperidine rings is 1. The fraction of sp³-hybridized carbons (Fsp3) is 1.00. The molecule has 0 saturated carbocycles. The molecule has 1 fully saturated rings. The Morgan fingerprint density at radius 1 is 1.73 bits per heavy atom. The molecule has 0 aromatic heterocycles. The van der Waals surface area contributed by atoms with E-state index in [0.717, 1.165) is 19.5 Å². The van der Waals surface area contributed by atoms with E-state index < -0.39 is 0 Å². The molecule has 2 atom stereocenters. The second-order valence-electron chi connectivity index (χ2n) is 3.10. The first-order valence-electron chi connectivity index (χ1n) is 4.30. The molecule has 2 unspecified atom stereocenters. The van der Waals surface area contributed by atoms with Crippen LogP contribution in [-0.4, -0.2) is 37.0 Å². The molecule has 0 aromatic rings. The van der Waals surface area contributed by atoms with Crippen LogP contribution in [0.25, 0.3) is 0 Å². The second-order valence-corrected chi connectivity index (χ2v) is 3.10. The van der Waals surface area contributed by atoms with Crippen LogP contribution < -0.4 is 5.32 Å². The first-order chi connectivity index (χ1) is 5.33. The third kappa shape index (κ3) is 3.18. The molecule has 0 spiro atoms. The fourth-order valence-electron chi connectivity index (χ4n) is 1.31. The fourth-order valence-corrected chi connectivity index (χ4v) is 1.31. The normalized spacial score (nSPS) is 28.4. The van der Waals surface area contributed by atoms with Crippen LogP contribution in [0, 0.1) is 0 Å². The molecule has 1 aliphatic heterocycles. The number of hydrogen-bond donors (Lipinski definition) is 2. The Balaban J connectivity index is 2.13. The van der Waals surface area contributed by atoms with E-state index in [1.807, 2.05) is 6.92 Å². The van der Waals surface area contributed by atoms with Gasteiger partial charge >= 0.3 is 0 Å². The van der Waals surface area contributed by atoms with Crippen molar-refractivity contribution in [1.82, 2.24) is 5.32 Å². The Bertz CT molecular complexity index is 102. The lowest BCUT2D eigenvalue weighted by molar-refractivity contribution is -0.0376. The molecule has 0 radical (unpaired) electrons. The lowest BCUT2D eigenvalue weighted by atomic mass is 10.1. The zero-order valence-electron chi connectivity index (χ0n) is 7.05. The maximum Gasteiger partial charge on any atom is 0.0782 e. The average Bonchev–Trinajstić information content (AvgIpc) is 2.06. The van der Waals surface area contributed by atoms with Gasteiger partial charge in [-0.1, -0.05) is 0 Å². The third-order valence-corrected chi connectivity index (χ3v) is 1.93. The van der Waals surface area contributed by atoms with Gasteiger partial charge in [-0.2, -0.15) is 0 Å². The molecule has 66 valence electrons. The van der Waals surface area contributed by atoms with Crippen molar-refractivity contribution in [3.63, 3.8) is 0 Å². The van der Waals surface area contributed by atoms with Gasteiger partial charge in [-0.15, -0.1) is 0 Å². The molecule has 0 amide bonds. The molecule has 2 N–H and O–H groups in total. The molecular formula is C8H17NO2. The maximum absolute atomic E-state index is 8.72. The Morgan fingerprint density at radius 2 is 2.55 bits per heavy atom. The summed E-state index contributed by atoms with van der Waals surface area (Å²) in [4.78, 5) is 0. The van der Waals surface area contributed by atoms with E-state index in [2.05, 4.69) is 5.32 Å². The van der Waals surface area contributed by atoms with Crippen molar-refractivity contribution in [2.24, 2.45) is 0 Å². The smallest absolute Gasteiger partial charge is 0.0782 e. The van der Waals surface area contributed by atoms with Crippen molar-refractivity contribution in [1.29, 1.82) is 0 Å². The van der Waals surface area contributed by atoms with E-state index in [4.69, 9.17) is 9.84 Å². The van der Waals surface area contributed by atoms with Crippen molar-refractivity contribution in [3.05, 3.63) is 0 Å². The van der Waals surface area contributed by atoms with Gasteiger partial charge in [0.25, 0.3) is 0 Å². The predicted octanol–water partition coefficient (Wildman–Crippen LogP) is 0.136. The van der Waals surface area contributed by atoms with Crippen LogP contribution in [0.2, 0.25) is 0 Å². The van der Waals surface area contributed by atoms with Crippen LogP contribution in [0.15, 0.2) is 0 Å². The first kappa shape index (κ1) is 8.97. The third-order valence-electron chi connectivity index (χ3n) is 1.93. The zero-order valence-corrected chi connectivity index (χ0v) is 7.05. The monoisotopic (exact) mass is 159 g/mol. The maximum atomic E-state index is 8.72. The van der Waals surface area contributed by atoms with E-state index >= 15 is 0 Å². The molecule has 1 saturated heterocycles. The van der Waals surface area contributed by atoms with E-state index in [1.54, 1.807) is 0 Å². The molecule has 0 aliphatic carbocycles. The van der Waals surface area contributed by atoms with Crippen LogP contribution in [0.3, 0.4) is 0 Å². The van der Waals surface area contributed by atoms with Gasteiger partial charge in [-0.3, -0.25) is 0 Å². The highest BCUT2D eigenvalue weighted by atomic mass is 16.5. The number of aliphatic hydroxyl groups excluding tert-OH is 1. The number of rotatable bonds is 3. The number of hydrogen-bond acceptors (Lipinski definition) is 3. The van der Waals surface area contributed by atoms with Gasteiger partial charge in [0.05, 0.1) is 18.8 Å². The van der Waals surface area contributed by atoms with Crippen molar-refractivity contribution >= 4 is 0 Å². The highest BCUT2D eigenvalue weighted by Crippen LogP contribution is 2.07. The van der Waals surface area contributed by atoms with Gasteiger partial charge < -0.3 is 15.2 Å². The standard InChI is InChI=1S/C8H17NO2/c1-7(6-10)11-8-3-2-4-9-5-8/h7-10H,2-6H2,1H3. The van der Waals surface area contributed by atoms with Gasteiger partial charge in [0.1, 0.15) is 0 Å². The highest BCUT2D eigenvalue weighted by molar-refractivity contribution is 4.69. The second kappa shape index (κ2) is 4.70. The number of nitrogens with one attached hydrogen (secondary N) is 1. The number of ether oxygens (including phenoxy) is 1. The van der Waals surface area contributed by atoms with Gasteiger partial charge in [-0.25, -0.2) is 0 Å². The van der Waals surface area contributed by atoms with Crippen LogP contribution in [-0.2, 0) is 4.74 Å². The molecular weight excluding hydrogens is 142 g/mol. The average molecular weight is 159 g/mol. The van der Waals surface area contributed by atoms with Crippen molar-refractivity contribution in [2.75, 3.05) is 19.7 Å². The van der Waals surface area contributed by atoms with Crippen LogP contribution in [0.4, 0.5) is 0 Å². The topological polar surface area (TPSA) is 41.5 Å². The van der Waals surface area contributed by atoms with Gasteiger partial charge in [-0.05, 0) is 26.3 Å². The minimum absolute atomic E-state index is 0.0140. The minimum Gasteiger partial charge on any atom is -0.394 e. The molecule has 3 heteroatoms. The molecule has 0 aromatic carbocycles. The summed E-state index contributed by atoms with van der Waals surface area (Å²) < 4.78 is 5.53. The van der Waals surface area contributed by atoms with Gasteiger partial charge in [0.2, 0.25) is 0 Å². The predicted molar refractivity (Wildman–Crippen MR) is 43.5 cm³/mol.